The van der Waals surface area contributed by atoms with Gasteiger partial charge in [0.2, 0.25) is 0 Å². The fourth-order valence-electron chi connectivity index (χ4n) is 4.60. The Morgan fingerprint density at radius 1 is 0.633 bits per heavy atom. The van der Waals surface area contributed by atoms with E-state index in [9.17, 15) is 0 Å². The molecule has 0 N–H and O–H groups in total. The Bertz CT molecular complexity index is 1380. The zero-order valence-electron chi connectivity index (χ0n) is 16.8. The second-order valence-corrected chi connectivity index (χ2v) is 7.77. The molecule has 2 heterocycles. The molecule has 0 saturated heterocycles. The molecule has 2 heteroatoms. The Morgan fingerprint density at radius 2 is 1.27 bits per heavy atom. The molecule has 6 rings (SSSR count). The Balaban J connectivity index is 1.72. The van der Waals surface area contributed by atoms with Crippen molar-refractivity contribution in [2.24, 2.45) is 0 Å². The van der Waals surface area contributed by atoms with Crippen LogP contribution < -0.4 is 9.47 Å². The van der Waals surface area contributed by atoms with E-state index in [1.807, 2.05) is 0 Å². The molecule has 1 aliphatic rings. The minimum absolute atomic E-state index is 1.17. The number of benzene rings is 4. The summed E-state index contributed by atoms with van der Waals surface area (Å²) in [4.78, 5) is 2.30. The van der Waals surface area contributed by atoms with E-state index in [0.717, 1.165) is 0 Å². The van der Waals surface area contributed by atoms with E-state index in [1.54, 1.807) is 0 Å². The van der Waals surface area contributed by atoms with E-state index in [4.69, 9.17) is 0 Å². The third-order valence-corrected chi connectivity index (χ3v) is 6.06. The Kier molecular flexibility index (Phi) is 3.72. The summed E-state index contributed by atoms with van der Waals surface area (Å²) in [6.45, 7) is 0. The number of aromatic nitrogens is 1. The summed E-state index contributed by atoms with van der Waals surface area (Å²) in [6.07, 6.45) is 2.30. The zero-order valence-corrected chi connectivity index (χ0v) is 16.8. The quantitative estimate of drug-likeness (QED) is 0.313. The van der Waals surface area contributed by atoms with Crippen molar-refractivity contribution >= 4 is 22.3 Å². The van der Waals surface area contributed by atoms with E-state index in [2.05, 4.69) is 126 Å². The molecule has 142 valence electrons. The minimum atomic E-state index is 1.17. The number of rotatable bonds is 2. The van der Waals surface area contributed by atoms with Crippen molar-refractivity contribution in [2.75, 3.05) is 11.9 Å². The highest BCUT2D eigenvalue weighted by atomic mass is 15.2. The first-order valence-corrected chi connectivity index (χ1v) is 10.3. The molecule has 4 aromatic carbocycles. The summed E-state index contributed by atoms with van der Waals surface area (Å²) in [5.74, 6) is 1.17. The first-order valence-electron chi connectivity index (χ1n) is 10.3. The third-order valence-electron chi connectivity index (χ3n) is 6.06. The van der Waals surface area contributed by atoms with Gasteiger partial charge in [-0.1, -0.05) is 84.9 Å². The summed E-state index contributed by atoms with van der Waals surface area (Å²) >= 11 is 0. The van der Waals surface area contributed by atoms with Crippen molar-refractivity contribution in [2.45, 2.75) is 0 Å². The van der Waals surface area contributed by atoms with E-state index in [0.29, 0.717) is 0 Å². The molecule has 30 heavy (non-hydrogen) atoms. The topological polar surface area (TPSA) is 7.12 Å². The van der Waals surface area contributed by atoms with Gasteiger partial charge >= 0.3 is 0 Å². The van der Waals surface area contributed by atoms with Gasteiger partial charge in [-0.2, -0.15) is 4.57 Å². The van der Waals surface area contributed by atoms with E-state index in [1.165, 1.54) is 50.2 Å². The van der Waals surface area contributed by atoms with Gasteiger partial charge < -0.3 is 0 Å². The maximum atomic E-state index is 2.34. The van der Waals surface area contributed by atoms with Crippen LogP contribution >= 0.6 is 0 Å². The predicted octanol–water partition coefficient (Wildman–Crippen LogP) is 6.53. The summed E-state index contributed by atoms with van der Waals surface area (Å²) in [5.41, 5.74) is 7.40. The molecule has 0 spiro atoms. The molecular formula is C28H21N2+. The van der Waals surface area contributed by atoms with Crippen molar-refractivity contribution in [3.8, 4) is 27.9 Å². The highest BCUT2D eigenvalue weighted by Gasteiger charge is 2.31. The van der Waals surface area contributed by atoms with Crippen LogP contribution in [0.15, 0.2) is 109 Å². The molecule has 1 aromatic heterocycles. The summed E-state index contributed by atoms with van der Waals surface area (Å²) in [6, 6.07) is 36.8. The fourth-order valence-corrected chi connectivity index (χ4v) is 4.60. The standard InChI is InChI=1S/C28H21N2/c1-29-25-16-8-14-22-15-9-17-26(28(22)25)30-19-24(21-12-6-3-7-13-21)23(18-27(29)30)20-10-4-2-5-11-20/h2-19H,1H3/q+1. The van der Waals surface area contributed by atoms with Gasteiger partial charge in [0.25, 0.3) is 5.82 Å². The Hall–Kier alpha value is -3.91. The molecule has 1 aliphatic heterocycles. The van der Waals surface area contributed by atoms with E-state index < -0.39 is 0 Å². The monoisotopic (exact) mass is 385 g/mol. The van der Waals surface area contributed by atoms with E-state index >= 15 is 0 Å². The SMILES string of the molecule is CN1c2cccc3cccc(c23)-[n+]2cc(-c3ccccc3)c(-c3ccccc3)cc21. The lowest BCUT2D eigenvalue weighted by atomic mass is 9.95. The first kappa shape index (κ1) is 17.0. The Morgan fingerprint density at radius 3 is 1.97 bits per heavy atom. The van der Waals surface area contributed by atoms with Crippen molar-refractivity contribution in [1.29, 1.82) is 0 Å². The highest BCUT2D eigenvalue weighted by molar-refractivity contribution is 6.02. The van der Waals surface area contributed by atoms with Crippen molar-refractivity contribution < 1.29 is 4.57 Å². The van der Waals surface area contributed by atoms with Gasteiger partial charge in [-0.3, -0.25) is 0 Å². The molecular weight excluding hydrogens is 364 g/mol. The minimum Gasteiger partial charge on any atom is -0.229 e. The van der Waals surface area contributed by atoms with Gasteiger partial charge in [0.1, 0.15) is 17.6 Å². The maximum Gasteiger partial charge on any atom is 0.287 e. The molecule has 0 amide bonds. The Labute approximate surface area is 176 Å². The number of anilines is 2. The van der Waals surface area contributed by atoms with Crippen LogP contribution in [0.3, 0.4) is 0 Å². The number of pyridine rings is 1. The molecule has 0 atom stereocenters. The van der Waals surface area contributed by atoms with Gasteiger partial charge in [-0.25, -0.2) is 4.90 Å². The van der Waals surface area contributed by atoms with Crippen LogP contribution in [0.2, 0.25) is 0 Å². The first-order chi connectivity index (χ1) is 14.8. The van der Waals surface area contributed by atoms with E-state index in [-0.39, 0.29) is 0 Å². The molecule has 0 unspecified atom stereocenters. The smallest absolute Gasteiger partial charge is 0.229 e. The molecule has 0 saturated carbocycles. The number of fused-ring (bicyclic) bond motifs is 2. The number of hydrogen-bond acceptors (Lipinski definition) is 1. The second-order valence-electron chi connectivity index (χ2n) is 7.77. The lowest BCUT2D eigenvalue weighted by Crippen LogP contribution is -2.40. The van der Waals surface area contributed by atoms with Crippen molar-refractivity contribution in [3.05, 3.63) is 109 Å². The highest BCUT2D eigenvalue weighted by Crippen LogP contribution is 2.40. The predicted molar refractivity (Wildman–Crippen MR) is 124 cm³/mol. The second kappa shape index (κ2) is 6.57. The van der Waals surface area contributed by atoms with Gasteiger partial charge in [0, 0.05) is 17.2 Å². The van der Waals surface area contributed by atoms with Gasteiger partial charge in [0.15, 0.2) is 0 Å². The molecule has 0 aliphatic carbocycles. The van der Waals surface area contributed by atoms with Gasteiger partial charge in [-0.15, -0.1) is 0 Å². The molecule has 0 bridgehead atoms. The summed E-state index contributed by atoms with van der Waals surface area (Å²) in [5, 5.41) is 2.56. The zero-order chi connectivity index (χ0) is 20.1. The van der Waals surface area contributed by atoms with Crippen molar-refractivity contribution in [1.82, 2.24) is 0 Å². The van der Waals surface area contributed by atoms with Gasteiger partial charge in [0.05, 0.1) is 12.4 Å². The van der Waals surface area contributed by atoms with Crippen LogP contribution in [0, 0.1) is 0 Å². The van der Waals surface area contributed by atoms with Crippen LogP contribution in [0.4, 0.5) is 11.5 Å². The summed E-state index contributed by atoms with van der Waals surface area (Å²) in [7, 11) is 2.16. The van der Waals surface area contributed by atoms with Crippen LogP contribution in [0.25, 0.3) is 38.7 Å². The van der Waals surface area contributed by atoms with Crippen LogP contribution in [-0.2, 0) is 0 Å². The fraction of sp³-hybridized carbons (Fsp3) is 0.0357. The number of hydrogen-bond donors (Lipinski definition) is 0. The molecule has 5 aromatic rings. The molecule has 0 fully saturated rings. The normalized spacial score (nSPS) is 12.1. The third kappa shape index (κ3) is 2.47. The lowest BCUT2D eigenvalue weighted by molar-refractivity contribution is -0.580. The average molecular weight is 385 g/mol. The number of nitrogens with zero attached hydrogens (tertiary/aromatic N) is 2. The largest absolute Gasteiger partial charge is 0.287 e. The van der Waals surface area contributed by atoms with Gasteiger partial charge in [-0.05, 0) is 28.6 Å². The van der Waals surface area contributed by atoms with Crippen LogP contribution in [0.5, 0.6) is 0 Å². The lowest BCUT2D eigenvalue weighted by Gasteiger charge is -2.25. The average Bonchev–Trinajstić information content (AvgIpc) is 2.82. The van der Waals surface area contributed by atoms with Crippen molar-refractivity contribution in [3.63, 3.8) is 0 Å². The maximum absolute atomic E-state index is 2.34. The van der Waals surface area contributed by atoms with Crippen LogP contribution in [0.1, 0.15) is 0 Å². The molecule has 2 nitrogen and oxygen atoms in total. The van der Waals surface area contributed by atoms with Crippen LogP contribution in [-0.4, -0.2) is 7.05 Å². The summed E-state index contributed by atoms with van der Waals surface area (Å²) < 4.78 is 2.34. The molecule has 0 radical (unpaired) electrons.